The smallest absolute Gasteiger partial charge is 0.0943 e. The molecule has 0 bridgehead atoms. The van der Waals surface area contributed by atoms with Crippen LogP contribution in [0, 0.1) is 13.8 Å². The summed E-state index contributed by atoms with van der Waals surface area (Å²) < 4.78 is 1.89. The van der Waals surface area contributed by atoms with Crippen LogP contribution in [-0.4, -0.2) is 14.5 Å². The van der Waals surface area contributed by atoms with Crippen molar-refractivity contribution in [2.45, 2.75) is 28.7 Å². The quantitative estimate of drug-likeness (QED) is 0.579. The molecule has 0 aliphatic carbocycles. The van der Waals surface area contributed by atoms with Crippen molar-refractivity contribution in [2.24, 2.45) is 7.05 Å². The fraction of sp³-hybridized carbons (Fsp3) is 0.263. The summed E-state index contributed by atoms with van der Waals surface area (Å²) in [6.07, 6.45) is 8.96. The molecule has 0 aliphatic heterocycles. The lowest BCUT2D eigenvalue weighted by Gasteiger charge is -1.82. The maximum absolute atomic E-state index is 3.85. The molecule has 0 saturated carbocycles. The van der Waals surface area contributed by atoms with Gasteiger partial charge in [0.25, 0.3) is 0 Å². The molecule has 2 heterocycles. The highest BCUT2D eigenvalue weighted by Gasteiger charge is 1.73. The molecule has 0 unspecified atom stereocenters. The normalized spacial score (nSPS) is 7.95. The Hall–Kier alpha value is -2.42. The minimum absolute atomic E-state index is 0. The number of imidazole rings is 1. The fourth-order valence-electron chi connectivity index (χ4n) is 1.29. The summed E-state index contributed by atoms with van der Waals surface area (Å²) in [4.78, 5) is 7.63. The maximum atomic E-state index is 3.85. The molecule has 0 radical (unpaired) electrons. The van der Waals surface area contributed by atoms with E-state index in [2.05, 4.69) is 29.0 Å². The van der Waals surface area contributed by atoms with Crippen LogP contribution >= 0.6 is 0 Å². The Balaban J connectivity index is 0. The molecule has 0 N–H and O–H groups in total. The Morgan fingerprint density at radius 2 is 1.27 bits per heavy atom. The Bertz CT molecular complexity index is 508. The number of aromatic nitrogens is 3. The maximum Gasteiger partial charge on any atom is 0.0943 e. The van der Waals surface area contributed by atoms with E-state index in [1.807, 2.05) is 55.1 Å². The number of benzene rings is 1. The molecule has 0 amide bonds. The van der Waals surface area contributed by atoms with Crippen molar-refractivity contribution in [3.05, 3.63) is 84.7 Å². The number of hydrogen-bond donors (Lipinski definition) is 0. The molecule has 0 fully saturated rings. The first-order valence-electron chi connectivity index (χ1n) is 6.48. The molecule has 0 spiro atoms. The van der Waals surface area contributed by atoms with Gasteiger partial charge in [-0.1, -0.05) is 50.7 Å². The molecule has 3 rings (SSSR count). The van der Waals surface area contributed by atoms with E-state index in [9.17, 15) is 0 Å². The Labute approximate surface area is 135 Å². The van der Waals surface area contributed by atoms with Crippen molar-refractivity contribution >= 4 is 0 Å². The minimum Gasteiger partial charge on any atom is -0.341 e. The van der Waals surface area contributed by atoms with E-state index in [0.717, 1.165) is 0 Å². The van der Waals surface area contributed by atoms with Crippen LogP contribution in [0.3, 0.4) is 0 Å². The predicted molar refractivity (Wildman–Crippen MR) is 96.8 cm³/mol. The van der Waals surface area contributed by atoms with Gasteiger partial charge in [-0.05, 0) is 31.5 Å². The molecule has 0 atom stereocenters. The molecule has 3 heteroatoms. The van der Waals surface area contributed by atoms with E-state index >= 15 is 0 Å². The average Bonchev–Trinajstić information content (AvgIpc) is 2.93. The summed E-state index contributed by atoms with van der Waals surface area (Å²) in [5.41, 5.74) is 2.58. The van der Waals surface area contributed by atoms with Crippen molar-refractivity contribution in [1.29, 1.82) is 0 Å². The Kier molecular flexibility index (Phi) is 13.5. The van der Waals surface area contributed by atoms with E-state index < -0.39 is 0 Å². The SMILES string of the molecule is C.C.Cc1ccccc1.Cc1ccncc1.Cn1ccnc1. The minimum atomic E-state index is 0. The van der Waals surface area contributed by atoms with Gasteiger partial charge in [0.2, 0.25) is 0 Å². The van der Waals surface area contributed by atoms with Gasteiger partial charge in [0.05, 0.1) is 6.33 Å². The predicted octanol–water partition coefficient (Wildman–Crippen LogP) is 5.08. The van der Waals surface area contributed by atoms with Crippen molar-refractivity contribution in [3.8, 4) is 0 Å². The molecular weight excluding hydrogens is 270 g/mol. The number of aryl methyl sites for hydroxylation is 3. The lowest BCUT2D eigenvalue weighted by Crippen LogP contribution is -1.76. The molecule has 0 saturated heterocycles. The molecule has 2 aromatic heterocycles. The van der Waals surface area contributed by atoms with Crippen LogP contribution in [0.25, 0.3) is 0 Å². The van der Waals surface area contributed by atoms with Gasteiger partial charge in [-0.2, -0.15) is 0 Å². The molecular formula is C19H29N3. The third-order valence-corrected chi connectivity index (χ3v) is 2.42. The molecule has 22 heavy (non-hydrogen) atoms. The van der Waals surface area contributed by atoms with Gasteiger partial charge in [-0.15, -0.1) is 0 Å². The second-order valence-corrected chi connectivity index (χ2v) is 4.41. The van der Waals surface area contributed by atoms with Crippen LogP contribution < -0.4 is 0 Å². The molecule has 3 aromatic rings. The van der Waals surface area contributed by atoms with Crippen LogP contribution in [0.2, 0.25) is 0 Å². The molecule has 1 aromatic carbocycles. The highest BCUT2D eigenvalue weighted by molar-refractivity contribution is 5.11. The summed E-state index contributed by atoms with van der Waals surface area (Å²) >= 11 is 0. The third-order valence-electron chi connectivity index (χ3n) is 2.42. The number of pyridine rings is 1. The van der Waals surface area contributed by atoms with Gasteiger partial charge in [-0.25, -0.2) is 4.98 Å². The zero-order chi connectivity index (χ0) is 14.6. The largest absolute Gasteiger partial charge is 0.341 e. The van der Waals surface area contributed by atoms with Crippen LogP contribution in [0.5, 0.6) is 0 Å². The first kappa shape index (κ1) is 21.9. The lowest BCUT2D eigenvalue weighted by atomic mass is 10.2. The van der Waals surface area contributed by atoms with Gasteiger partial charge in [0.1, 0.15) is 0 Å². The van der Waals surface area contributed by atoms with Gasteiger partial charge < -0.3 is 4.57 Å². The van der Waals surface area contributed by atoms with Crippen molar-refractivity contribution in [1.82, 2.24) is 14.5 Å². The summed E-state index contributed by atoms with van der Waals surface area (Å²) in [7, 11) is 1.94. The van der Waals surface area contributed by atoms with E-state index in [-0.39, 0.29) is 14.9 Å². The summed E-state index contributed by atoms with van der Waals surface area (Å²) in [5, 5.41) is 0. The zero-order valence-electron chi connectivity index (χ0n) is 12.3. The Morgan fingerprint density at radius 3 is 1.50 bits per heavy atom. The second kappa shape index (κ2) is 13.6. The van der Waals surface area contributed by atoms with E-state index in [1.165, 1.54) is 11.1 Å². The average molecular weight is 299 g/mol. The Morgan fingerprint density at radius 1 is 0.727 bits per heavy atom. The van der Waals surface area contributed by atoms with Crippen LogP contribution in [-0.2, 0) is 7.05 Å². The number of hydrogen-bond acceptors (Lipinski definition) is 2. The summed E-state index contributed by atoms with van der Waals surface area (Å²) in [6.45, 7) is 4.13. The molecule has 3 nitrogen and oxygen atoms in total. The highest BCUT2D eigenvalue weighted by Crippen LogP contribution is 1.92. The van der Waals surface area contributed by atoms with Gasteiger partial charge in [0, 0.05) is 31.8 Å². The van der Waals surface area contributed by atoms with Crippen molar-refractivity contribution in [3.63, 3.8) is 0 Å². The van der Waals surface area contributed by atoms with Gasteiger partial charge in [0.15, 0.2) is 0 Å². The number of rotatable bonds is 0. The van der Waals surface area contributed by atoms with E-state index in [1.54, 1.807) is 24.9 Å². The second-order valence-electron chi connectivity index (χ2n) is 4.41. The van der Waals surface area contributed by atoms with Crippen LogP contribution in [0.15, 0.2) is 73.6 Å². The van der Waals surface area contributed by atoms with Gasteiger partial charge >= 0.3 is 0 Å². The zero-order valence-corrected chi connectivity index (χ0v) is 12.3. The molecule has 0 aliphatic rings. The standard InChI is InChI=1S/C7H8.C6H7N.C4H6N2.2CH4/c1-7-5-3-2-4-6-7;1-6-2-4-7-5-3-6;1-6-3-2-5-4-6;;/h2-6H,1H3;2-5H,1H3;2-4H,1H3;2*1H4. The van der Waals surface area contributed by atoms with E-state index in [0.29, 0.717) is 0 Å². The first-order chi connectivity index (χ1) is 9.68. The fourth-order valence-corrected chi connectivity index (χ4v) is 1.29. The third kappa shape index (κ3) is 11.4. The topological polar surface area (TPSA) is 30.7 Å². The van der Waals surface area contributed by atoms with Crippen LogP contribution in [0.4, 0.5) is 0 Å². The first-order valence-corrected chi connectivity index (χ1v) is 6.48. The van der Waals surface area contributed by atoms with Crippen LogP contribution in [0.1, 0.15) is 26.0 Å². The van der Waals surface area contributed by atoms with E-state index in [4.69, 9.17) is 0 Å². The summed E-state index contributed by atoms with van der Waals surface area (Å²) in [6, 6.07) is 14.2. The highest BCUT2D eigenvalue weighted by atomic mass is 15.0. The van der Waals surface area contributed by atoms with Crippen molar-refractivity contribution < 1.29 is 0 Å². The monoisotopic (exact) mass is 299 g/mol. The van der Waals surface area contributed by atoms with Gasteiger partial charge in [-0.3, -0.25) is 4.98 Å². The lowest BCUT2D eigenvalue weighted by molar-refractivity contribution is 0.913. The van der Waals surface area contributed by atoms with Crippen molar-refractivity contribution in [2.75, 3.05) is 0 Å². The summed E-state index contributed by atoms with van der Waals surface area (Å²) in [5.74, 6) is 0. The number of nitrogens with zero attached hydrogens (tertiary/aromatic N) is 3. The molecule has 120 valence electrons.